The molecule has 1 N–H and O–H groups in total. The van der Waals surface area contributed by atoms with E-state index in [9.17, 15) is 0 Å². The summed E-state index contributed by atoms with van der Waals surface area (Å²) in [5.74, 6) is 0.633. The molecule has 1 aliphatic rings. The molecule has 0 aliphatic carbocycles. The van der Waals surface area contributed by atoms with E-state index in [1.54, 1.807) is 0 Å². The SMILES string of the molecule is CCc1ccc(C(C)CN2CCCNCC2)cc1. The number of nitrogens with one attached hydrogen (secondary N) is 1. The topological polar surface area (TPSA) is 15.3 Å². The van der Waals surface area contributed by atoms with E-state index in [2.05, 4.69) is 48.3 Å². The van der Waals surface area contributed by atoms with Crippen LogP contribution in [0.1, 0.15) is 37.3 Å². The normalized spacial score (nSPS) is 19.4. The Hall–Kier alpha value is -0.860. The predicted molar refractivity (Wildman–Crippen MR) is 78.2 cm³/mol. The Labute approximate surface area is 111 Å². The van der Waals surface area contributed by atoms with Crippen LogP contribution in [0.3, 0.4) is 0 Å². The second-order valence-corrected chi connectivity index (χ2v) is 5.40. The molecule has 1 unspecified atom stereocenters. The lowest BCUT2D eigenvalue weighted by atomic mass is 9.98. The number of hydrogen-bond acceptors (Lipinski definition) is 2. The van der Waals surface area contributed by atoms with Gasteiger partial charge in [0.05, 0.1) is 0 Å². The van der Waals surface area contributed by atoms with Gasteiger partial charge in [0, 0.05) is 19.6 Å². The third-order valence-electron chi connectivity index (χ3n) is 3.92. The molecule has 0 bridgehead atoms. The molecule has 18 heavy (non-hydrogen) atoms. The lowest BCUT2D eigenvalue weighted by Gasteiger charge is -2.24. The molecule has 1 aliphatic heterocycles. The van der Waals surface area contributed by atoms with E-state index in [-0.39, 0.29) is 0 Å². The van der Waals surface area contributed by atoms with Gasteiger partial charge in [-0.25, -0.2) is 0 Å². The second-order valence-electron chi connectivity index (χ2n) is 5.40. The number of rotatable bonds is 4. The summed E-state index contributed by atoms with van der Waals surface area (Å²) in [6.07, 6.45) is 2.41. The van der Waals surface area contributed by atoms with Crippen LogP contribution in [0.25, 0.3) is 0 Å². The van der Waals surface area contributed by atoms with Crippen molar-refractivity contribution >= 4 is 0 Å². The minimum Gasteiger partial charge on any atom is -0.315 e. The van der Waals surface area contributed by atoms with Crippen molar-refractivity contribution in [3.05, 3.63) is 35.4 Å². The summed E-state index contributed by atoms with van der Waals surface area (Å²) in [4.78, 5) is 2.60. The van der Waals surface area contributed by atoms with Crippen molar-refractivity contribution in [3.63, 3.8) is 0 Å². The Kier molecular flexibility index (Phi) is 5.21. The van der Waals surface area contributed by atoms with Gasteiger partial charge in [-0.1, -0.05) is 38.1 Å². The van der Waals surface area contributed by atoms with Crippen LogP contribution in [-0.4, -0.2) is 37.6 Å². The number of benzene rings is 1. The van der Waals surface area contributed by atoms with Crippen molar-refractivity contribution in [3.8, 4) is 0 Å². The average molecular weight is 246 g/mol. The van der Waals surface area contributed by atoms with Gasteiger partial charge in [-0.15, -0.1) is 0 Å². The Balaban J connectivity index is 1.90. The molecule has 2 nitrogen and oxygen atoms in total. The molecular weight excluding hydrogens is 220 g/mol. The van der Waals surface area contributed by atoms with Crippen molar-refractivity contribution < 1.29 is 0 Å². The Morgan fingerprint density at radius 2 is 1.94 bits per heavy atom. The zero-order valence-electron chi connectivity index (χ0n) is 11.8. The van der Waals surface area contributed by atoms with Gasteiger partial charge in [-0.3, -0.25) is 0 Å². The Bertz CT molecular complexity index is 337. The number of nitrogens with zero attached hydrogens (tertiary/aromatic N) is 1. The molecule has 1 saturated heterocycles. The molecule has 2 heteroatoms. The van der Waals surface area contributed by atoms with Crippen molar-refractivity contribution in [2.45, 2.75) is 32.6 Å². The van der Waals surface area contributed by atoms with E-state index in [0.29, 0.717) is 5.92 Å². The first-order valence-electron chi connectivity index (χ1n) is 7.31. The molecule has 0 spiro atoms. The van der Waals surface area contributed by atoms with Crippen LogP contribution in [-0.2, 0) is 6.42 Å². The van der Waals surface area contributed by atoms with Gasteiger partial charge in [0.15, 0.2) is 0 Å². The van der Waals surface area contributed by atoms with E-state index >= 15 is 0 Å². The molecule has 0 aromatic heterocycles. The molecule has 0 amide bonds. The molecular formula is C16H26N2. The van der Waals surface area contributed by atoms with Crippen LogP contribution in [0.5, 0.6) is 0 Å². The maximum Gasteiger partial charge on any atom is 0.0107 e. The van der Waals surface area contributed by atoms with Gasteiger partial charge in [0.1, 0.15) is 0 Å². The highest BCUT2D eigenvalue weighted by Gasteiger charge is 2.13. The summed E-state index contributed by atoms with van der Waals surface area (Å²) in [5.41, 5.74) is 2.91. The van der Waals surface area contributed by atoms with E-state index in [1.165, 1.54) is 43.7 Å². The summed E-state index contributed by atoms with van der Waals surface area (Å²) in [6, 6.07) is 9.16. The summed E-state index contributed by atoms with van der Waals surface area (Å²) < 4.78 is 0. The van der Waals surface area contributed by atoms with Crippen molar-refractivity contribution in [2.24, 2.45) is 0 Å². The molecule has 1 fully saturated rings. The maximum atomic E-state index is 3.46. The van der Waals surface area contributed by atoms with Crippen molar-refractivity contribution in [1.82, 2.24) is 10.2 Å². The lowest BCUT2D eigenvalue weighted by molar-refractivity contribution is 0.278. The van der Waals surface area contributed by atoms with Crippen LogP contribution < -0.4 is 5.32 Å². The quantitative estimate of drug-likeness (QED) is 0.878. The molecule has 1 heterocycles. The first-order valence-corrected chi connectivity index (χ1v) is 7.31. The van der Waals surface area contributed by atoms with Crippen molar-refractivity contribution in [1.29, 1.82) is 0 Å². The summed E-state index contributed by atoms with van der Waals surface area (Å²) in [6.45, 7) is 10.5. The molecule has 2 rings (SSSR count). The second kappa shape index (κ2) is 6.91. The molecule has 1 atom stereocenters. The molecule has 100 valence electrons. The highest BCUT2D eigenvalue weighted by molar-refractivity contribution is 5.25. The van der Waals surface area contributed by atoms with Crippen molar-refractivity contribution in [2.75, 3.05) is 32.7 Å². The zero-order chi connectivity index (χ0) is 12.8. The fraction of sp³-hybridized carbons (Fsp3) is 0.625. The van der Waals surface area contributed by atoms with Gasteiger partial charge < -0.3 is 10.2 Å². The Morgan fingerprint density at radius 1 is 1.17 bits per heavy atom. The molecule has 0 saturated carbocycles. The summed E-state index contributed by atoms with van der Waals surface area (Å²) in [5, 5.41) is 3.46. The fourth-order valence-corrected chi connectivity index (χ4v) is 2.66. The molecule has 1 aromatic rings. The van der Waals surface area contributed by atoms with Gasteiger partial charge >= 0.3 is 0 Å². The van der Waals surface area contributed by atoms with Gasteiger partial charge in [0.25, 0.3) is 0 Å². The standard InChI is InChI=1S/C16H26N2/c1-3-15-5-7-16(8-6-15)14(2)13-18-11-4-9-17-10-12-18/h5-8,14,17H,3-4,9-13H2,1-2H3. The number of hydrogen-bond donors (Lipinski definition) is 1. The first kappa shape index (κ1) is 13.6. The van der Waals surface area contributed by atoms with Crippen LogP contribution >= 0.6 is 0 Å². The van der Waals surface area contributed by atoms with Crippen LogP contribution in [0.2, 0.25) is 0 Å². The smallest absolute Gasteiger partial charge is 0.0107 e. The largest absolute Gasteiger partial charge is 0.315 e. The zero-order valence-corrected chi connectivity index (χ0v) is 11.8. The Morgan fingerprint density at radius 3 is 2.67 bits per heavy atom. The highest BCUT2D eigenvalue weighted by atomic mass is 15.1. The third-order valence-corrected chi connectivity index (χ3v) is 3.92. The summed E-state index contributed by atoms with van der Waals surface area (Å²) >= 11 is 0. The van der Waals surface area contributed by atoms with Crippen LogP contribution in [0, 0.1) is 0 Å². The summed E-state index contributed by atoms with van der Waals surface area (Å²) in [7, 11) is 0. The van der Waals surface area contributed by atoms with Crippen LogP contribution in [0.4, 0.5) is 0 Å². The van der Waals surface area contributed by atoms with Crippen LogP contribution in [0.15, 0.2) is 24.3 Å². The number of aryl methyl sites for hydroxylation is 1. The minimum atomic E-state index is 0.633. The third kappa shape index (κ3) is 3.82. The van der Waals surface area contributed by atoms with Gasteiger partial charge in [0.2, 0.25) is 0 Å². The molecule has 0 radical (unpaired) electrons. The first-order chi connectivity index (χ1) is 8.79. The lowest BCUT2D eigenvalue weighted by Crippen LogP contribution is -2.31. The highest BCUT2D eigenvalue weighted by Crippen LogP contribution is 2.18. The maximum absolute atomic E-state index is 3.46. The van der Waals surface area contributed by atoms with E-state index in [0.717, 1.165) is 13.0 Å². The van der Waals surface area contributed by atoms with E-state index in [1.807, 2.05) is 0 Å². The minimum absolute atomic E-state index is 0.633. The predicted octanol–water partition coefficient (Wildman–Crippen LogP) is 2.65. The van der Waals surface area contributed by atoms with Gasteiger partial charge in [-0.05, 0) is 43.0 Å². The van der Waals surface area contributed by atoms with E-state index < -0.39 is 0 Å². The fourth-order valence-electron chi connectivity index (χ4n) is 2.66. The monoisotopic (exact) mass is 246 g/mol. The average Bonchev–Trinajstić information content (AvgIpc) is 2.67. The molecule has 1 aromatic carbocycles. The van der Waals surface area contributed by atoms with E-state index in [4.69, 9.17) is 0 Å². The van der Waals surface area contributed by atoms with Gasteiger partial charge in [-0.2, -0.15) is 0 Å².